The van der Waals surface area contributed by atoms with Crippen molar-refractivity contribution in [1.29, 1.82) is 0 Å². The maximum atomic E-state index is 13.2. The molecule has 0 aliphatic carbocycles. The summed E-state index contributed by atoms with van der Waals surface area (Å²) >= 11 is 0. The average Bonchev–Trinajstić information content (AvgIpc) is 3.26. The summed E-state index contributed by atoms with van der Waals surface area (Å²) in [5.74, 6) is 0.170. The molecule has 7 nitrogen and oxygen atoms in total. The number of hydrogen-bond donors (Lipinski definition) is 1. The van der Waals surface area contributed by atoms with Gasteiger partial charge in [0.25, 0.3) is 5.91 Å². The molecule has 0 saturated carbocycles. The highest BCUT2D eigenvalue weighted by Gasteiger charge is 2.42. The summed E-state index contributed by atoms with van der Waals surface area (Å²) in [6.45, 7) is 3.98. The van der Waals surface area contributed by atoms with Crippen molar-refractivity contribution in [2.24, 2.45) is 0 Å². The van der Waals surface area contributed by atoms with Crippen molar-refractivity contribution in [3.8, 4) is 5.75 Å². The molecule has 29 heavy (non-hydrogen) atoms. The van der Waals surface area contributed by atoms with Gasteiger partial charge in [-0.15, -0.1) is 0 Å². The predicted octanol–water partition coefficient (Wildman–Crippen LogP) is 3.65. The number of aromatic amines is 1. The van der Waals surface area contributed by atoms with E-state index in [4.69, 9.17) is 9.47 Å². The number of carbonyl (C=O) groups excluding carboxylic acids is 2. The number of carbonyl (C=O) groups is 2. The van der Waals surface area contributed by atoms with Gasteiger partial charge in [-0.2, -0.15) is 5.10 Å². The molecule has 1 aliphatic heterocycles. The molecule has 0 spiro atoms. The first kappa shape index (κ1) is 18.7. The Labute approximate surface area is 168 Å². The van der Waals surface area contributed by atoms with Crippen LogP contribution in [0.15, 0.2) is 48.5 Å². The van der Waals surface area contributed by atoms with E-state index < -0.39 is 0 Å². The van der Waals surface area contributed by atoms with Gasteiger partial charge in [0.15, 0.2) is 5.69 Å². The Morgan fingerprint density at radius 2 is 1.83 bits per heavy atom. The standard InChI is InChI=1S/C22H21N3O4/c1-4-29-22(27)15-5-9-16(10-6-15)25-20(14-7-11-17(28-3)12-8-14)18-13(2)23-24-19(18)21(25)26/h5-12,20H,4H2,1-3H3,(H,23,24)/t20-/m1/s1. The number of ether oxygens (including phenoxy) is 2. The number of H-pyrrole nitrogens is 1. The molecule has 7 heteroatoms. The molecule has 148 valence electrons. The van der Waals surface area contributed by atoms with Crippen LogP contribution in [-0.4, -0.2) is 35.8 Å². The van der Waals surface area contributed by atoms with Crippen molar-refractivity contribution in [3.05, 3.63) is 76.6 Å². The van der Waals surface area contributed by atoms with E-state index in [-0.39, 0.29) is 17.9 Å². The molecule has 4 rings (SSSR count). The summed E-state index contributed by atoms with van der Waals surface area (Å²) in [6.07, 6.45) is 0. The molecule has 2 aromatic carbocycles. The van der Waals surface area contributed by atoms with Gasteiger partial charge < -0.3 is 9.47 Å². The minimum Gasteiger partial charge on any atom is -0.497 e. The van der Waals surface area contributed by atoms with Gasteiger partial charge in [-0.25, -0.2) is 4.79 Å². The Morgan fingerprint density at radius 3 is 2.45 bits per heavy atom. The monoisotopic (exact) mass is 391 g/mol. The summed E-state index contributed by atoms with van der Waals surface area (Å²) in [4.78, 5) is 26.8. The highest BCUT2D eigenvalue weighted by Crippen LogP contribution is 2.42. The summed E-state index contributed by atoms with van der Waals surface area (Å²) in [6, 6.07) is 14.1. The minimum atomic E-state index is -0.387. The molecule has 3 aromatic rings. The normalized spacial score (nSPS) is 15.3. The molecule has 0 unspecified atom stereocenters. The number of anilines is 1. The van der Waals surface area contributed by atoms with Crippen LogP contribution in [0, 0.1) is 6.92 Å². The SMILES string of the molecule is CCOC(=O)c1ccc(N2C(=O)c3n[nH]c(C)c3[C@H]2c2ccc(OC)cc2)cc1. The van der Waals surface area contributed by atoms with Gasteiger partial charge in [0.05, 0.1) is 25.3 Å². The highest BCUT2D eigenvalue weighted by atomic mass is 16.5. The number of nitrogens with zero attached hydrogens (tertiary/aromatic N) is 2. The Bertz CT molecular complexity index is 1050. The van der Waals surface area contributed by atoms with Crippen molar-refractivity contribution < 1.29 is 19.1 Å². The number of benzene rings is 2. The molecule has 1 atom stereocenters. The lowest BCUT2D eigenvalue weighted by molar-refractivity contribution is 0.0526. The van der Waals surface area contributed by atoms with Gasteiger partial charge in [0.2, 0.25) is 0 Å². The lowest BCUT2D eigenvalue weighted by Gasteiger charge is -2.26. The number of fused-ring (bicyclic) bond motifs is 1. The third kappa shape index (κ3) is 3.14. The van der Waals surface area contributed by atoms with E-state index in [2.05, 4.69) is 10.2 Å². The van der Waals surface area contributed by atoms with Crippen LogP contribution in [0.3, 0.4) is 0 Å². The van der Waals surface area contributed by atoms with Gasteiger partial charge in [0, 0.05) is 16.9 Å². The predicted molar refractivity (Wildman–Crippen MR) is 107 cm³/mol. The summed E-state index contributed by atoms with van der Waals surface area (Å²) < 4.78 is 10.3. The molecule has 2 heterocycles. The van der Waals surface area contributed by atoms with Gasteiger partial charge in [-0.1, -0.05) is 12.1 Å². The lowest BCUT2D eigenvalue weighted by Crippen LogP contribution is -2.29. The van der Waals surface area contributed by atoms with Crippen molar-refractivity contribution in [3.63, 3.8) is 0 Å². The second-order valence-corrected chi connectivity index (χ2v) is 6.73. The number of aromatic nitrogens is 2. The molecule has 1 N–H and O–H groups in total. The molecule has 0 saturated heterocycles. The van der Waals surface area contributed by atoms with E-state index in [0.717, 1.165) is 22.6 Å². The first-order valence-corrected chi connectivity index (χ1v) is 9.34. The molecule has 1 aliphatic rings. The van der Waals surface area contributed by atoms with E-state index in [1.54, 1.807) is 43.2 Å². The zero-order chi connectivity index (χ0) is 20.5. The molecule has 0 bridgehead atoms. The second-order valence-electron chi connectivity index (χ2n) is 6.73. The van der Waals surface area contributed by atoms with Crippen molar-refractivity contribution in [1.82, 2.24) is 10.2 Å². The van der Waals surface area contributed by atoms with E-state index >= 15 is 0 Å². The Balaban J connectivity index is 1.76. The summed E-state index contributed by atoms with van der Waals surface area (Å²) in [7, 11) is 1.61. The van der Waals surface area contributed by atoms with Crippen LogP contribution in [0.2, 0.25) is 0 Å². The zero-order valence-electron chi connectivity index (χ0n) is 16.4. The summed E-state index contributed by atoms with van der Waals surface area (Å²) in [5.41, 5.74) is 4.18. The highest BCUT2D eigenvalue weighted by molar-refractivity contribution is 6.10. The Kier molecular flexibility index (Phi) is 4.80. The molecule has 1 aromatic heterocycles. The van der Waals surface area contributed by atoms with Gasteiger partial charge in [-0.3, -0.25) is 14.8 Å². The number of rotatable bonds is 5. The number of hydrogen-bond acceptors (Lipinski definition) is 5. The fraction of sp³-hybridized carbons (Fsp3) is 0.227. The number of nitrogens with one attached hydrogen (secondary N) is 1. The van der Waals surface area contributed by atoms with E-state index in [1.807, 2.05) is 31.2 Å². The van der Waals surface area contributed by atoms with E-state index in [0.29, 0.717) is 23.6 Å². The third-order valence-corrected chi connectivity index (χ3v) is 5.04. The van der Waals surface area contributed by atoms with Crippen LogP contribution in [-0.2, 0) is 4.74 Å². The largest absolute Gasteiger partial charge is 0.497 e. The Morgan fingerprint density at radius 1 is 1.14 bits per heavy atom. The number of methoxy groups -OCH3 is 1. The smallest absolute Gasteiger partial charge is 0.338 e. The molecule has 1 amide bonds. The molecular formula is C22H21N3O4. The van der Waals surface area contributed by atoms with E-state index in [1.165, 1.54) is 0 Å². The maximum absolute atomic E-state index is 13.2. The lowest BCUT2D eigenvalue weighted by atomic mass is 9.98. The van der Waals surface area contributed by atoms with Crippen LogP contribution < -0.4 is 9.64 Å². The first-order valence-electron chi connectivity index (χ1n) is 9.34. The Hall–Kier alpha value is -3.61. The fourth-order valence-corrected chi connectivity index (χ4v) is 3.64. The second kappa shape index (κ2) is 7.43. The number of aryl methyl sites for hydroxylation is 1. The maximum Gasteiger partial charge on any atom is 0.338 e. The van der Waals surface area contributed by atoms with Crippen molar-refractivity contribution >= 4 is 17.6 Å². The first-order chi connectivity index (χ1) is 14.0. The third-order valence-electron chi connectivity index (χ3n) is 5.04. The summed E-state index contributed by atoms with van der Waals surface area (Å²) in [5, 5.41) is 7.14. The fourth-order valence-electron chi connectivity index (χ4n) is 3.64. The zero-order valence-corrected chi connectivity index (χ0v) is 16.4. The van der Waals surface area contributed by atoms with Crippen LogP contribution in [0.4, 0.5) is 5.69 Å². The molecular weight excluding hydrogens is 370 g/mol. The quantitative estimate of drug-likeness (QED) is 0.671. The van der Waals surface area contributed by atoms with Gasteiger partial charge in [0.1, 0.15) is 5.75 Å². The van der Waals surface area contributed by atoms with Crippen LogP contribution >= 0.6 is 0 Å². The topological polar surface area (TPSA) is 84.5 Å². The molecule has 0 fully saturated rings. The molecule has 0 radical (unpaired) electrons. The van der Waals surface area contributed by atoms with Crippen LogP contribution in [0.1, 0.15) is 50.6 Å². The van der Waals surface area contributed by atoms with Gasteiger partial charge in [-0.05, 0) is 55.8 Å². The van der Waals surface area contributed by atoms with Crippen LogP contribution in [0.5, 0.6) is 5.75 Å². The van der Waals surface area contributed by atoms with E-state index in [9.17, 15) is 9.59 Å². The average molecular weight is 391 g/mol. The minimum absolute atomic E-state index is 0.186. The van der Waals surface area contributed by atoms with Crippen molar-refractivity contribution in [2.45, 2.75) is 19.9 Å². The van der Waals surface area contributed by atoms with Crippen molar-refractivity contribution in [2.75, 3.05) is 18.6 Å². The number of esters is 1. The van der Waals surface area contributed by atoms with Crippen LogP contribution in [0.25, 0.3) is 0 Å². The number of amides is 1. The van der Waals surface area contributed by atoms with Gasteiger partial charge >= 0.3 is 5.97 Å².